The lowest BCUT2D eigenvalue weighted by Crippen LogP contribution is -2.22. The standard InChI is InChI=1S/C9H11NO4S/c1-14-8(11)5-10-4-6-2-3-7(15-6)9(12)13/h2-3,10H,4-5H2,1H3,(H,12,13). The fraction of sp³-hybridized carbons (Fsp3) is 0.333. The van der Waals surface area contributed by atoms with E-state index in [1.807, 2.05) is 0 Å². The van der Waals surface area contributed by atoms with Crippen molar-refractivity contribution in [2.75, 3.05) is 13.7 Å². The molecule has 15 heavy (non-hydrogen) atoms. The molecular formula is C9H11NO4S. The van der Waals surface area contributed by atoms with E-state index in [-0.39, 0.29) is 12.5 Å². The summed E-state index contributed by atoms with van der Waals surface area (Å²) in [6.45, 7) is 0.587. The molecule has 1 aromatic heterocycles. The van der Waals surface area contributed by atoms with Crippen LogP contribution in [0.25, 0.3) is 0 Å². The number of hydrogen-bond donors (Lipinski definition) is 2. The van der Waals surface area contributed by atoms with Gasteiger partial charge in [-0.3, -0.25) is 4.79 Å². The fourth-order valence-electron chi connectivity index (χ4n) is 0.948. The lowest BCUT2D eigenvalue weighted by Gasteiger charge is -2.00. The molecule has 5 nitrogen and oxygen atoms in total. The normalized spacial score (nSPS) is 9.93. The van der Waals surface area contributed by atoms with Crippen LogP contribution in [0.3, 0.4) is 0 Å². The fourth-order valence-corrected chi connectivity index (χ4v) is 1.76. The van der Waals surface area contributed by atoms with Gasteiger partial charge >= 0.3 is 11.9 Å². The first-order valence-electron chi connectivity index (χ1n) is 4.23. The minimum atomic E-state index is -0.931. The van der Waals surface area contributed by atoms with Gasteiger partial charge < -0.3 is 15.2 Å². The van der Waals surface area contributed by atoms with E-state index in [2.05, 4.69) is 10.1 Å². The minimum absolute atomic E-state index is 0.122. The lowest BCUT2D eigenvalue weighted by molar-refractivity contribution is -0.139. The van der Waals surface area contributed by atoms with Crippen LogP contribution < -0.4 is 5.32 Å². The SMILES string of the molecule is COC(=O)CNCc1ccc(C(=O)O)s1. The zero-order chi connectivity index (χ0) is 11.3. The van der Waals surface area contributed by atoms with Gasteiger partial charge in [0, 0.05) is 11.4 Å². The van der Waals surface area contributed by atoms with Gasteiger partial charge in [-0.25, -0.2) is 4.79 Å². The van der Waals surface area contributed by atoms with E-state index >= 15 is 0 Å². The van der Waals surface area contributed by atoms with Crippen LogP contribution in [0.5, 0.6) is 0 Å². The third kappa shape index (κ3) is 3.69. The summed E-state index contributed by atoms with van der Waals surface area (Å²) >= 11 is 1.19. The Balaban J connectivity index is 2.38. The number of carboxylic acid groups (broad SMARTS) is 1. The van der Waals surface area contributed by atoms with Gasteiger partial charge in [0.15, 0.2) is 0 Å². The molecule has 0 saturated carbocycles. The Morgan fingerprint density at radius 1 is 1.53 bits per heavy atom. The summed E-state index contributed by atoms with van der Waals surface area (Å²) in [5, 5.41) is 11.5. The van der Waals surface area contributed by atoms with Crippen molar-refractivity contribution in [3.8, 4) is 0 Å². The van der Waals surface area contributed by atoms with Crippen LogP contribution in [-0.2, 0) is 16.1 Å². The quantitative estimate of drug-likeness (QED) is 0.727. The number of hydrogen-bond acceptors (Lipinski definition) is 5. The zero-order valence-corrected chi connectivity index (χ0v) is 8.97. The van der Waals surface area contributed by atoms with Crippen LogP contribution in [0.15, 0.2) is 12.1 Å². The van der Waals surface area contributed by atoms with Crippen LogP contribution in [-0.4, -0.2) is 30.7 Å². The second-order valence-corrected chi connectivity index (χ2v) is 3.92. The van der Waals surface area contributed by atoms with Crippen LogP contribution in [0.1, 0.15) is 14.5 Å². The maximum Gasteiger partial charge on any atom is 0.345 e. The average molecular weight is 229 g/mol. The molecule has 0 radical (unpaired) electrons. The highest BCUT2D eigenvalue weighted by atomic mass is 32.1. The number of aromatic carboxylic acids is 1. The van der Waals surface area contributed by atoms with E-state index in [0.717, 1.165) is 4.88 Å². The molecule has 0 atom stereocenters. The molecule has 1 aromatic rings. The Bertz CT molecular complexity index is 361. The molecule has 0 unspecified atom stereocenters. The van der Waals surface area contributed by atoms with Gasteiger partial charge in [0.25, 0.3) is 0 Å². The molecule has 0 aliphatic rings. The molecule has 6 heteroatoms. The van der Waals surface area contributed by atoms with Crippen molar-refractivity contribution >= 4 is 23.3 Å². The summed E-state index contributed by atoms with van der Waals surface area (Å²) in [7, 11) is 1.32. The Morgan fingerprint density at radius 2 is 2.27 bits per heavy atom. The maximum atomic E-state index is 10.7. The highest BCUT2D eigenvalue weighted by Gasteiger charge is 2.06. The van der Waals surface area contributed by atoms with Gasteiger partial charge in [-0.1, -0.05) is 0 Å². The number of thiophene rings is 1. The summed E-state index contributed by atoms with van der Waals surface area (Å²) in [5.41, 5.74) is 0. The van der Waals surface area contributed by atoms with E-state index in [4.69, 9.17) is 5.11 Å². The first-order chi connectivity index (χ1) is 7.13. The predicted molar refractivity (Wildman–Crippen MR) is 55.0 cm³/mol. The number of ether oxygens (including phenoxy) is 1. The Kier molecular flexibility index (Phi) is 4.26. The van der Waals surface area contributed by atoms with Crippen molar-refractivity contribution in [1.29, 1.82) is 0 Å². The molecule has 0 saturated heterocycles. The molecule has 0 aliphatic carbocycles. The van der Waals surface area contributed by atoms with Gasteiger partial charge in [0.1, 0.15) is 4.88 Å². The van der Waals surface area contributed by atoms with Crippen LogP contribution >= 0.6 is 11.3 Å². The number of carbonyl (C=O) groups excluding carboxylic acids is 1. The highest BCUT2D eigenvalue weighted by Crippen LogP contribution is 2.15. The molecule has 0 fully saturated rings. The summed E-state index contributed by atoms with van der Waals surface area (Å²) in [6, 6.07) is 3.26. The number of methoxy groups -OCH3 is 1. The molecule has 0 bridgehead atoms. The van der Waals surface area contributed by atoms with Crippen LogP contribution in [0, 0.1) is 0 Å². The lowest BCUT2D eigenvalue weighted by atomic mass is 10.4. The third-order valence-electron chi connectivity index (χ3n) is 1.67. The molecule has 82 valence electrons. The maximum absolute atomic E-state index is 10.7. The molecule has 0 spiro atoms. The van der Waals surface area contributed by atoms with Crippen molar-refractivity contribution in [2.45, 2.75) is 6.54 Å². The van der Waals surface area contributed by atoms with E-state index in [9.17, 15) is 9.59 Å². The Labute approximate surface area is 90.7 Å². The molecule has 1 heterocycles. The average Bonchev–Trinajstić information content (AvgIpc) is 2.66. The van der Waals surface area contributed by atoms with Gasteiger partial charge in [0.2, 0.25) is 0 Å². The Morgan fingerprint density at radius 3 is 2.80 bits per heavy atom. The van der Waals surface area contributed by atoms with Gasteiger partial charge in [-0.15, -0.1) is 11.3 Å². The number of rotatable bonds is 5. The van der Waals surface area contributed by atoms with Crippen LogP contribution in [0.2, 0.25) is 0 Å². The number of esters is 1. The van der Waals surface area contributed by atoms with Gasteiger partial charge in [-0.2, -0.15) is 0 Å². The monoisotopic (exact) mass is 229 g/mol. The van der Waals surface area contributed by atoms with E-state index in [1.165, 1.54) is 18.4 Å². The predicted octanol–water partition coefficient (Wildman–Crippen LogP) is 0.709. The largest absolute Gasteiger partial charge is 0.477 e. The molecule has 0 aromatic carbocycles. The minimum Gasteiger partial charge on any atom is -0.477 e. The number of nitrogens with one attached hydrogen (secondary N) is 1. The van der Waals surface area contributed by atoms with Crippen molar-refractivity contribution < 1.29 is 19.4 Å². The zero-order valence-electron chi connectivity index (χ0n) is 8.15. The van der Waals surface area contributed by atoms with Gasteiger partial charge in [0.05, 0.1) is 13.7 Å². The molecule has 2 N–H and O–H groups in total. The van der Waals surface area contributed by atoms with Crippen molar-refractivity contribution in [2.24, 2.45) is 0 Å². The third-order valence-corrected chi connectivity index (χ3v) is 2.74. The van der Waals surface area contributed by atoms with Crippen molar-refractivity contribution in [3.63, 3.8) is 0 Å². The smallest absolute Gasteiger partial charge is 0.345 e. The van der Waals surface area contributed by atoms with Crippen molar-refractivity contribution in [3.05, 3.63) is 21.9 Å². The first-order valence-corrected chi connectivity index (χ1v) is 5.04. The number of carbonyl (C=O) groups is 2. The summed E-state index contributed by atoms with van der Waals surface area (Å²) in [5.74, 6) is -1.27. The molecule has 0 amide bonds. The first kappa shape index (κ1) is 11.7. The van der Waals surface area contributed by atoms with E-state index in [1.54, 1.807) is 12.1 Å². The topological polar surface area (TPSA) is 75.6 Å². The molecular weight excluding hydrogens is 218 g/mol. The van der Waals surface area contributed by atoms with E-state index < -0.39 is 5.97 Å². The number of carboxylic acids is 1. The summed E-state index contributed by atoms with van der Waals surface area (Å²) < 4.78 is 4.44. The summed E-state index contributed by atoms with van der Waals surface area (Å²) in [4.78, 5) is 22.5. The second kappa shape index (κ2) is 5.47. The molecule has 0 aliphatic heterocycles. The van der Waals surface area contributed by atoms with Gasteiger partial charge in [-0.05, 0) is 12.1 Å². The molecule has 1 rings (SSSR count). The highest BCUT2D eigenvalue weighted by molar-refractivity contribution is 7.13. The van der Waals surface area contributed by atoms with Crippen molar-refractivity contribution in [1.82, 2.24) is 5.32 Å². The van der Waals surface area contributed by atoms with Crippen LogP contribution in [0.4, 0.5) is 0 Å². The second-order valence-electron chi connectivity index (χ2n) is 2.75. The van der Waals surface area contributed by atoms with E-state index in [0.29, 0.717) is 11.4 Å². The summed E-state index contributed by atoms with van der Waals surface area (Å²) in [6.07, 6.45) is 0. The Hall–Kier alpha value is -1.40.